The second-order valence-electron chi connectivity index (χ2n) is 9.55. The normalized spacial score (nSPS) is 17.6. The molecule has 2 aliphatic rings. The van der Waals surface area contributed by atoms with Crippen LogP contribution in [0, 0.1) is 5.92 Å². The summed E-state index contributed by atoms with van der Waals surface area (Å²) in [6, 6.07) is 11.7. The Morgan fingerprint density at radius 2 is 1.88 bits per heavy atom. The number of fused-ring (bicyclic) bond motifs is 2. The van der Waals surface area contributed by atoms with Gasteiger partial charge in [-0.1, -0.05) is 18.9 Å². The van der Waals surface area contributed by atoms with Gasteiger partial charge >= 0.3 is 0 Å². The molecule has 1 saturated carbocycles. The lowest BCUT2D eigenvalue weighted by Crippen LogP contribution is -2.40. The SMILES string of the molecule is O=C(Nc1ccc2[nH]cc(C3CCN(C(=O)C4CCCC4)CC3)c2c1)c1cccc2ncsc12. The fourth-order valence-corrected chi connectivity index (χ4v) is 6.46. The quantitative estimate of drug-likeness (QED) is 0.387. The van der Waals surface area contributed by atoms with Crippen LogP contribution < -0.4 is 5.32 Å². The third-order valence-corrected chi connectivity index (χ3v) is 8.40. The molecule has 1 aliphatic carbocycles. The van der Waals surface area contributed by atoms with Gasteiger partial charge in [-0.15, -0.1) is 11.3 Å². The lowest BCUT2D eigenvalue weighted by atomic mass is 9.88. The van der Waals surface area contributed by atoms with Crippen LogP contribution in [0.2, 0.25) is 0 Å². The number of benzene rings is 2. The van der Waals surface area contributed by atoms with Crippen LogP contribution in [0.1, 0.15) is 60.4 Å². The Kier molecular flexibility index (Phi) is 5.57. The topological polar surface area (TPSA) is 78.1 Å². The highest BCUT2D eigenvalue weighted by atomic mass is 32.1. The molecule has 0 unspecified atom stereocenters. The van der Waals surface area contributed by atoms with E-state index in [1.54, 1.807) is 5.51 Å². The second-order valence-corrected chi connectivity index (χ2v) is 10.4. The van der Waals surface area contributed by atoms with E-state index in [1.165, 1.54) is 29.7 Å². The van der Waals surface area contributed by atoms with E-state index in [-0.39, 0.29) is 11.8 Å². The van der Waals surface area contributed by atoms with Crippen molar-refractivity contribution in [2.75, 3.05) is 18.4 Å². The van der Waals surface area contributed by atoms with Gasteiger partial charge in [0.25, 0.3) is 5.91 Å². The van der Waals surface area contributed by atoms with Crippen LogP contribution in [0.4, 0.5) is 5.69 Å². The van der Waals surface area contributed by atoms with E-state index in [1.807, 2.05) is 30.3 Å². The molecule has 1 aliphatic heterocycles. The highest BCUT2D eigenvalue weighted by Gasteiger charge is 2.31. The number of piperidine rings is 1. The Morgan fingerprint density at radius 3 is 2.71 bits per heavy atom. The lowest BCUT2D eigenvalue weighted by Gasteiger charge is -2.33. The first-order valence-electron chi connectivity index (χ1n) is 12.2. The van der Waals surface area contributed by atoms with Crippen LogP contribution in [0.3, 0.4) is 0 Å². The first-order chi connectivity index (χ1) is 16.7. The van der Waals surface area contributed by atoms with Gasteiger partial charge in [0.15, 0.2) is 0 Å². The molecule has 3 heterocycles. The number of nitrogens with zero attached hydrogens (tertiary/aromatic N) is 2. The summed E-state index contributed by atoms with van der Waals surface area (Å²) >= 11 is 1.48. The van der Waals surface area contributed by atoms with Crippen molar-refractivity contribution in [3.05, 3.63) is 59.2 Å². The molecule has 34 heavy (non-hydrogen) atoms. The summed E-state index contributed by atoms with van der Waals surface area (Å²) in [6.45, 7) is 1.67. The molecule has 2 aromatic carbocycles. The van der Waals surface area contributed by atoms with Gasteiger partial charge in [0.2, 0.25) is 5.91 Å². The number of carbonyl (C=O) groups excluding carboxylic acids is 2. The summed E-state index contributed by atoms with van der Waals surface area (Å²) in [4.78, 5) is 35.6. The molecule has 2 fully saturated rings. The maximum absolute atomic E-state index is 13.0. The number of amides is 2. The van der Waals surface area contributed by atoms with Gasteiger partial charge in [-0.25, -0.2) is 4.98 Å². The zero-order chi connectivity index (χ0) is 23.1. The zero-order valence-corrected chi connectivity index (χ0v) is 19.9. The molecule has 6 nitrogen and oxygen atoms in total. The average molecular weight is 473 g/mol. The van der Waals surface area contributed by atoms with Crippen molar-refractivity contribution >= 4 is 50.0 Å². The number of H-pyrrole nitrogens is 1. The third kappa shape index (κ3) is 3.88. The summed E-state index contributed by atoms with van der Waals surface area (Å²) in [6.07, 6.45) is 8.58. The highest BCUT2D eigenvalue weighted by molar-refractivity contribution is 7.17. The number of aromatic amines is 1. The van der Waals surface area contributed by atoms with Crippen molar-refractivity contribution in [1.29, 1.82) is 0 Å². The lowest BCUT2D eigenvalue weighted by molar-refractivity contribution is -0.136. The van der Waals surface area contributed by atoms with Gasteiger partial charge in [-0.3, -0.25) is 9.59 Å². The summed E-state index contributed by atoms with van der Waals surface area (Å²) in [5.41, 5.74) is 6.40. The third-order valence-electron chi connectivity index (χ3n) is 7.52. The molecule has 0 bridgehead atoms. The number of likely N-dealkylation sites (tertiary alicyclic amines) is 1. The van der Waals surface area contributed by atoms with Crippen molar-refractivity contribution in [3.63, 3.8) is 0 Å². The van der Waals surface area contributed by atoms with E-state index in [0.717, 1.165) is 65.6 Å². The van der Waals surface area contributed by atoms with Crippen LogP contribution in [-0.2, 0) is 4.79 Å². The smallest absolute Gasteiger partial charge is 0.257 e. The van der Waals surface area contributed by atoms with Crippen molar-refractivity contribution in [2.45, 2.75) is 44.4 Å². The minimum atomic E-state index is -0.120. The van der Waals surface area contributed by atoms with Gasteiger partial charge in [0.1, 0.15) is 0 Å². The van der Waals surface area contributed by atoms with E-state index < -0.39 is 0 Å². The molecule has 6 rings (SSSR count). The number of rotatable bonds is 4. The number of carbonyl (C=O) groups is 2. The van der Waals surface area contributed by atoms with E-state index >= 15 is 0 Å². The summed E-state index contributed by atoms with van der Waals surface area (Å²) in [7, 11) is 0. The Morgan fingerprint density at radius 1 is 1.06 bits per heavy atom. The van der Waals surface area contributed by atoms with Crippen molar-refractivity contribution in [2.24, 2.45) is 5.92 Å². The standard InChI is InChI=1S/C27H28N4O2S/c32-26(20-6-3-7-24-25(20)34-16-29-24)30-19-8-9-23-21(14-19)22(15-28-23)17-10-12-31(13-11-17)27(33)18-4-1-2-5-18/h3,6-9,14-18,28H,1-2,4-5,10-13H2,(H,30,32). The largest absolute Gasteiger partial charge is 0.361 e. The zero-order valence-electron chi connectivity index (χ0n) is 19.0. The van der Waals surface area contributed by atoms with E-state index in [2.05, 4.69) is 32.4 Å². The number of hydrogen-bond donors (Lipinski definition) is 2. The number of hydrogen-bond acceptors (Lipinski definition) is 4. The first kappa shape index (κ1) is 21.4. The monoisotopic (exact) mass is 472 g/mol. The molecule has 7 heteroatoms. The number of thiazole rings is 1. The average Bonchev–Trinajstić information content (AvgIpc) is 3.64. The van der Waals surface area contributed by atoms with Crippen LogP contribution in [-0.4, -0.2) is 39.8 Å². The van der Waals surface area contributed by atoms with Gasteiger partial charge in [-0.05, 0) is 67.5 Å². The van der Waals surface area contributed by atoms with E-state index in [9.17, 15) is 9.59 Å². The van der Waals surface area contributed by atoms with Gasteiger partial charge in [-0.2, -0.15) is 0 Å². The first-order valence-corrected chi connectivity index (χ1v) is 13.1. The molecule has 2 aromatic heterocycles. The molecule has 0 radical (unpaired) electrons. The molecule has 174 valence electrons. The van der Waals surface area contributed by atoms with Crippen molar-refractivity contribution in [3.8, 4) is 0 Å². The molecule has 0 spiro atoms. The molecule has 4 aromatic rings. The van der Waals surface area contributed by atoms with Crippen LogP contribution in [0.25, 0.3) is 21.1 Å². The van der Waals surface area contributed by atoms with Gasteiger partial charge in [0, 0.05) is 41.8 Å². The Bertz CT molecular complexity index is 1360. The summed E-state index contributed by atoms with van der Waals surface area (Å²) < 4.78 is 0.905. The van der Waals surface area contributed by atoms with Crippen molar-refractivity contribution in [1.82, 2.24) is 14.9 Å². The second kappa shape index (κ2) is 8.87. The maximum Gasteiger partial charge on any atom is 0.257 e. The van der Waals surface area contributed by atoms with Crippen molar-refractivity contribution < 1.29 is 9.59 Å². The van der Waals surface area contributed by atoms with E-state index in [4.69, 9.17) is 0 Å². The Labute approximate surface area is 202 Å². The highest BCUT2D eigenvalue weighted by Crippen LogP contribution is 2.36. The summed E-state index contributed by atoms with van der Waals surface area (Å²) in [5, 5.41) is 4.23. The Hall–Kier alpha value is -3.19. The number of nitrogens with one attached hydrogen (secondary N) is 2. The molecule has 0 atom stereocenters. The van der Waals surface area contributed by atoms with Crippen LogP contribution in [0.5, 0.6) is 0 Å². The molecular weight excluding hydrogens is 444 g/mol. The maximum atomic E-state index is 13.0. The van der Waals surface area contributed by atoms with Crippen LogP contribution >= 0.6 is 11.3 Å². The van der Waals surface area contributed by atoms with Gasteiger partial charge < -0.3 is 15.2 Å². The minimum Gasteiger partial charge on any atom is -0.361 e. The fraction of sp³-hybridized carbons (Fsp3) is 0.370. The molecule has 2 amide bonds. The molecular formula is C27H28N4O2S. The predicted molar refractivity (Wildman–Crippen MR) is 136 cm³/mol. The van der Waals surface area contributed by atoms with Gasteiger partial charge in [0.05, 0.1) is 21.3 Å². The van der Waals surface area contributed by atoms with Crippen LogP contribution in [0.15, 0.2) is 48.1 Å². The summed E-state index contributed by atoms with van der Waals surface area (Å²) in [5.74, 6) is 0.922. The minimum absolute atomic E-state index is 0.120. The van der Waals surface area contributed by atoms with E-state index in [0.29, 0.717) is 17.4 Å². The Balaban J connectivity index is 1.18. The molecule has 1 saturated heterocycles. The number of aromatic nitrogens is 2. The number of anilines is 1. The fourth-order valence-electron chi connectivity index (χ4n) is 5.66. The molecule has 2 N–H and O–H groups in total. The predicted octanol–water partition coefficient (Wildman–Crippen LogP) is 5.93.